The smallest absolute Gasteiger partial charge is 0.251 e. The Morgan fingerprint density at radius 3 is 2.76 bits per heavy atom. The molecule has 1 aliphatic carbocycles. The van der Waals surface area contributed by atoms with Gasteiger partial charge >= 0.3 is 0 Å². The molecule has 1 aromatic heterocycles. The summed E-state index contributed by atoms with van der Waals surface area (Å²) in [5, 5.41) is 3.24. The van der Waals surface area contributed by atoms with Crippen LogP contribution in [0, 0.1) is 11.3 Å². The van der Waals surface area contributed by atoms with E-state index in [9.17, 15) is 4.79 Å². The van der Waals surface area contributed by atoms with Gasteiger partial charge in [-0.1, -0.05) is 33.6 Å². The topological polar surface area (TPSA) is 68.0 Å². The molecule has 1 saturated carbocycles. The van der Waals surface area contributed by atoms with E-state index in [4.69, 9.17) is 5.73 Å². The standard InChI is InChI=1S/C17H27N3O/c1-17(2,3)14-6-4-5-7-15(14)20-16(21)12-8-9-19-13(10-12)11-18/h8-10,14-15H,4-7,11,18H2,1-3H3,(H,20,21). The van der Waals surface area contributed by atoms with Crippen LogP contribution in [-0.4, -0.2) is 16.9 Å². The van der Waals surface area contributed by atoms with Crippen LogP contribution in [0.4, 0.5) is 0 Å². The van der Waals surface area contributed by atoms with E-state index in [2.05, 4.69) is 31.1 Å². The Bertz CT molecular complexity index is 493. The Kier molecular flexibility index (Phi) is 4.99. The molecule has 0 radical (unpaired) electrons. The normalized spacial score (nSPS) is 22.9. The number of aromatic nitrogens is 1. The summed E-state index contributed by atoms with van der Waals surface area (Å²) >= 11 is 0. The van der Waals surface area contributed by atoms with Crippen LogP contribution < -0.4 is 11.1 Å². The molecule has 2 atom stereocenters. The quantitative estimate of drug-likeness (QED) is 0.899. The van der Waals surface area contributed by atoms with E-state index in [-0.39, 0.29) is 17.4 Å². The molecule has 1 heterocycles. The first-order chi connectivity index (χ1) is 9.91. The number of nitrogens with zero attached hydrogens (tertiary/aromatic N) is 1. The van der Waals surface area contributed by atoms with Gasteiger partial charge in [-0.2, -0.15) is 0 Å². The van der Waals surface area contributed by atoms with Crippen molar-refractivity contribution in [1.29, 1.82) is 0 Å². The number of pyridine rings is 1. The average molecular weight is 289 g/mol. The molecule has 0 bridgehead atoms. The Morgan fingerprint density at radius 1 is 1.38 bits per heavy atom. The summed E-state index contributed by atoms with van der Waals surface area (Å²) in [7, 11) is 0. The number of rotatable bonds is 3. The van der Waals surface area contributed by atoms with Gasteiger partial charge in [0.25, 0.3) is 5.91 Å². The van der Waals surface area contributed by atoms with E-state index in [0.29, 0.717) is 18.0 Å². The molecule has 4 nitrogen and oxygen atoms in total. The summed E-state index contributed by atoms with van der Waals surface area (Å²) in [4.78, 5) is 16.6. The van der Waals surface area contributed by atoms with Crippen LogP contribution in [-0.2, 0) is 6.54 Å². The zero-order chi connectivity index (χ0) is 15.5. The SMILES string of the molecule is CC(C)(C)C1CCCCC1NC(=O)c1ccnc(CN)c1. The molecule has 21 heavy (non-hydrogen) atoms. The van der Waals surface area contributed by atoms with Crippen molar-refractivity contribution in [3.05, 3.63) is 29.6 Å². The van der Waals surface area contributed by atoms with E-state index < -0.39 is 0 Å². The first-order valence-corrected chi connectivity index (χ1v) is 7.87. The van der Waals surface area contributed by atoms with Crippen LogP contribution >= 0.6 is 0 Å². The zero-order valence-electron chi connectivity index (χ0n) is 13.4. The fourth-order valence-corrected chi connectivity index (χ4v) is 3.32. The maximum absolute atomic E-state index is 12.5. The van der Waals surface area contributed by atoms with Gasteiger partial charge in [-0.05, 0) is 36.3 Å². The molecule has 2 unspecified atom stereocenters. The first kappa shape index (κ1) is 16.0. The van der Waals surface area contributed by atoms with Gasteiger partial charge in [0.1, 0.15) is 0 Å². The number of carbonyl (C=O) groups is 1. The third-order valence-electron chi connectivity index (χ3n) is 4.48. The first-order valence-electron chi connectivity index (χ1n) is 7.87. The molecule has 0 saturated heterocycles. The molecule has 0 aromatic carbocycles. The van der Waals surface area contributed by atoms with Gasteiger partial charge in [0.15, 0.2) is 0 Å². The molecule has 3 N–H and O–H groups in total. The fourth-order valence-electron chi connectivity index (χ4n) is 3.32. The van der Waals surface area contributed by atoms with Crippen LogP contribution in [0.25, 0.3) is 0 Å². The fraction of sp³-hybridized carbons (Fsp3) is 0.647. The lowest BCUT2D eigenvalue weighted by Gasteiger charge is -2.40. The summed E-state index contributed by atoms with van der Waals surface area (Å²) in [5.74, 6) is 0.527. The lowest BCUT2D eigenvalue weighted by molar-refractivity contribution is 0.0830. The van der Waals surface area contributed by atoms with Gasteiger partial charge in [0.05, 0.1) is 5.69 Å². The molecule has 0 aliphatic heterocycles. The van der Waals surface area contributed by atoms with E-state index in [1.807, 2.05) is 0 Å². The molecule has 4 heteroatoms. The Labute approximate surface area is 127 Å². The highest BCUT2D eigenvalue weighted by molar-refractivity contribution is 5.94. The molecule has 1 aromatic rings. The van der Waals surface area contributed by atoms with Crippen LogP contribution in [0.3, 0.4) is 0 Å². The number of hydrogen-bond donors (Lipinski definition) is 2. The van der Waals surface area contributed by atoms with Gasteiger partial charge in [-0.15, -0.1) is 0 Å². The van der Waals surface area contributed by atoms with Gasteiger partial charge in [-0.3, -0.25) is 9.78 Å². The van der Waals surface area contributed by atoms with E-state index in [1.165, 1.54) is 19.3 Å². The number of carbonyl (C=O) groups excluding carboxylic acids is 1. The second kappa shape index (κ2) is 6.56. The minimum Gasteiger partial charge on any atom is -0.349 e. The summed E-state index contributed by atoms with van der Waals surface area (Å²) < 4.78 is 0. The average Bonchev–Trinajstić information content (AvgIpc) is 2.46. The molecular weight excluding hydrogens is 262 g/mol. The Balaban J connectivity index is 2.09. The van der Waals surface area contributed by atoms with Crippen molar-refractivity contribution in [2.75, 3.05) is 0 Å². The van der Waals surface area contributed by atoms with Crippen molar-refractivity contribution >= 4 is 5.91 Å². The van der Waals surface area contributed by atoms with Crippen molar-refractivity contribution in [1.82, 2.24) is 10.3 Å². The van der Waals surface area contributed by atoms with Crippen LogP contribution in [0.2, 0.25) is 0 Å². The predicted octanol–water partition coefficient (Wildman–Crippen LogP) is 2.88. The number of hydrogen-bond acceptors (Lipinski definition) is 3. The van der Waals surface area contributed by atoms with Crippen LogP contribution in [0.1, 0.15) is 62.5 Å². The summed E-state index contributed by atoms with van der Waals surface area (Å²) in [6.45, 7) is 7.15. The minimum absolute atomic E-state index is 0.00625. The largest absolute Gasteiger partial charge is 0.349 e. The van der Waals surface area contributed by atoms with E-state index in [1.54, 1.807) is 18.3 Å². The van der Waals surface area contributed by atoms with Gasteiger partial charge in [-0.25, -0.2) is 0 Å². The van der Waals surface area contributed by atoms with Gasteiger partial charge in [0, 0.05) is 24.3 Å². The predicted molar refractivity (Wildman–Crippen MR) is 84.8 cm³/mol. The molecular formula is C17H27N3O. The summed E-state index contributed by atoms with van der Waals surface area (Å²) in [6.07, 6.45) is 6.38. The monoisotopic (exact) mass is 289 g/mol. The van der Waals surface area contributed by atoms with Crippen LogP contribution in [0.5, 0.6) is 0 Å². The van der Waals surface area contributed by atoms with E-state index in [0.717, 1.165) is 12.1 Å². The highest BCUT2D eigenvalue weighted by Gasteiger charge is 2.34. The second-order valence-corrected chi connectivity index (χ2v) is 7.08. The van der Waals surface area contributed by atoms with Crippen molar-refractivity contribution in [2.45, 2.75) is 59.0 Å². The summed E-state index contributed by atoms with van der Waals surface area (Å²) in [5.41, 5.74) is 7.21. The van der Waals surface area contributed by atoms with Gasteiger partial charge < -0.3 is 11.1 Å². The van der Waals surface area contributed by atoms with Crippen molar-refractivity contribution in [3.8, 4) is 0 Å². The highest BCUT2D eigenvalue weighted by Crippen LogP contribution is 2.38. The van der Waals surface area contributed by atoms with Gasteiger partial charge in [0.2, 0.25) is 0 Å². The molecule has 1 fully saturated rings. The Hall–Kier alpha value is -1.42. The van der Waals surface area contributed by atoms with E-state index >= 15 is 0 Å². The van der Waals surface area contributed by atoms with Crippen molar-refractivity contribution in [2.24, 2.45) is 17.1 Å². The molecule has 116 valence electrons. The third kappa shape index (κ3) is 4.03. The minimum atomic E-state index is -0.00625. The maximum Gasteiger partial charge on any atom is 0.251 e. The zero-order valence-corrected chi connectivity index (χ0v) is 13.4. The van der Waals surface area contributed by atoms with Crippen molar-refractivity contribution < 1.29 is 4.79 Å². The van der Waals surface area contributed by atoms with Crippen molar-refractivity contribution in [3.63, 3.8) is 0 Å². The lowest BCUT2D eigenvalue weighted by atomic mass is 9.69. The Morgan fingerprint density at radius 2 is 2.10 bits per heavy atom. The molecule has 0 spiro atoms. The number of nitrogens with two attached hydrogens (primary N) is 1. The number of nitrogens with one attached hydrogen (secondary N) is 1. The number of amides is 1. The maximum atomic E-state index is 12.5. The third-order valence-corrected chi connectivity index (χ3v) is 4.48. The highest BCUT2D eigenvalue weighted by atomic mass is 16.1. The van der Waals surface area contributed by atoms with Crippen LogP contribution in [0.15, 0.2) is 18.3 Å². The molecule has 2 rings (SSSR count). The second-order valence-electron chi connectivity index (χ2n) is 7.08. The molecule has 1 aliphatic rings. The summed E-state index contributed by atoms with van der Waals surface area (Å²) in [6, 6.07) is 3.80. The lowest BCUT2D eigenvalue weighted by Crippen LogP contribution is -2.46. The molecule has 1 amide bonds.